The fraction of sp³-hybridized carbons (Fsp3) is 0.412. The average molecular weight is 332 g/mol. The van der Waals surface area contributed by atoms with Gasteiger partial charge in [0.2, 0.25) is 0 Å². The molecule has 1 aliphatic heterocycles. The van der Waals surface area contributed by atoms with Crippen LogP contribution in [0.3, 0.4) is 0 Å². The van der Waals surface area contributed by atoms with Crippen LogP contribution >= 0.6 is 11.3 Å². The van der Waals surface area contributed by atoms with Gasteiger partial charge in [0.15, 0.2) is 0 Å². The van der Waals surface area contributed by atoms with Crippen molar-refractivity contribution in [3.05, 3.63) is 46.4 Å². The highest BCUT2D eigenvalue weighted by atomic mass is 32.1. The summed E-state index contributed by atoms with van der Waals surface area (Å²) in [6.45, 7) is 5.59. The zero-order valence-corrected chi connectivity index (χ0v) is 14.1. The fourth-order valence-electron chi connectivity index (χ4n) is 2.54. The molecule has 1 aliphatic rings. The molecule has 0 N–H and O–H groups in total. The normalized spacial score (nSPS) is 21.2. The number of amides is 1. The van der Waals surface area contributed by atoms with E-state index in [0.717, 1.165) is 5.69 Å². The van der Waals surface area contributed by atoms with E-state index in [2.05, 4.69) is 4.98 Å². The van der Waals surface area contributed by atoms with E-state index in [0.29, 0.717) is 31.1 Å². The summed E-state index contributed by atoms with van der Waals surface area (Å²) in [4.78, 5) is 18.8. The third kappa shape index (κ3) is 3.89. The highest BCUT2D eigenvalue weighted by Crippen LogP contribution is 2.20. The van der Waals surface area contributed by atoms with Gasteiger partial charge in [-0.1, -0.05) is 6.07 Å². The number of rotatable bonds is 4. The number of ether oxygens (including phenoxy) is 2. The average Bonchev–Trinajstić information content (AvgIpc) is 3.08. The predicted molar refractivity (Wildman–Crippen MR) is 88.8 cm³/mol. The monoisotopic (exact) mass is 332 g/mol. The molecule has 0 radical (unpaired) electrons. The summed E-state index contributed by atoms with van der Waals surface area (Å²) in [6.07, 6.45) is 0.0687. The molecule has 0 bridgehead atoms. The zero-order valence-electron chi connectivity index (χ0n) is 13.3. The molecule has 23 heavy (non-hydrogen) atoms. The van der Waals surface area contributed by atoms with E-state index < -0.39 is 0 Å². The molecular formula is C17H20N2O3S. The molecule has 1 amide bonds. The lowest BCUT2D eigenvalue weighted by molar-refractivity contribution is -0.0387. The number of hydrogen-bond donors (Lipinski definition) is 0. The number of nitrogens with zero attached hydrogens (tertiary/aromatic N) is 2. The van der Waals surface area contributed by atoms with Gasteiger partial charge in [0, 0.05) is 17.5 Å². The van der Waals surface area contributed by atoms with Gasteiger partial charge in [0.05, 0.1) is 30.0 Å². The number of thiazole rings is 1. The summed E-state index contributed by atoms with van der Waals surface area (Å²) < 4.78 is 11.3. The molecule has 2 heterocycles. The molecule has 0 spiro atoms. The first-order valence-electron chi connectivity index (χ1n) is 7.66. The molecule has 1 fully saturated rings. The lowest BCUT2D eigenvalue weighted by Gasteiger charge is -2.36. The smallest absolute Gasteiger partial charge is 0.254 e. The SMILES string of the molecule is C[C@@H]1CN(C(=O)c2cccc(OCc3cscn3)c2)[C@H](C)CO1. The number of hydrogen-bond acceptors (Lipinski definition) is 5. The Morgan fingerprint density at radius 3 is 3.13 bits per heavy atom. The summed E-state index contributed by atoms with van der Waals surface area (Å²) in [6, 6.07) is 7.40. The van der Waals surface area contributed by atoms with Crippen molar-refractivity contribution in [3.8, 4) is 5.75 Å². The van der Waals surface area contributed by atoms with Crippen molar-refractivity contribution in [2.45, 2.75) is 32.6 Å². The Morgan fingerprint density at radius 2 is 2.35 bits per heavy atom. The summed E-state index contributed by atoms with van der Waals surface area (Å²) in [5.74, 6) is 0.699. The molecule has 5 nitrogen and oxygen atoms in total. The van der Waals surface area contributed by atoms with Gasteiger partial charge in [-0.25, -0.2) is 4.98 Å². The first kappa shape index (κ1) is 16.0. The van der Waals surface area contributed by atoms with Crippen LogP contribution in [0, 0.1) is 0 Å². The highest BCUT2D eigenvalue weighted by Gasteiger charge is 2.28. The van der Waals surface area contributed by atoms with Crippen molar-refractivity contribution in [1.29, 1.82) is 0 Å². The molecule has 0 unspecified atom stereocenters. The van der Waals surface area contributed by atoms with E-state index >= 15 is 0 Å². The molecular weight excluding hydrogens is 312 g/mol. The van der Waals surface area contributed by atoms with Crippen molar-refractivity contribution < 1.29 is 14.3 Å². The van der Waals surface area contributed by atoms with Crippen LogP contribution in [0.15, 0.2) is 35.2 Å². The Morgan fingerprint density at radius 1 is 1.48 bits per heavy atom. The number of morpholine rings is 1. The molecule has 1 saturated heterocycles. The van der Waals surface area contributed by atoms with Gasteiger partial charge in [-0.2, -0.15) is 0 Å². The Labute approximate surface area is 139 Å². The van der Waals surface area contributed by atoms with Gasteiger partial charge in [0.1, 0.15) is 12.4 Å². The first-order valence-corrected chi connectivity index (χ1v) is 8.60. The van der Waals surface area contributed by atoms with E-state index in [1.165, 1.54) is 11.3 Å². The maximum absolute atomic E-state index is 12.7. The van der Waals surface area contributed by atoms with Crippen LogP contribution in [0.5, 0.6) is 5.75 Å². The van der Waals surface area contributed by atoms with Gasteiger partial charge in [-0.15, -0.1) is 11.3 Å². The largest absolute Gasteiger partial charge is 0.487 e. The second kappa shape index (κ2) is 7.10. The molecule has 2 aromatic rings. The Bertz CT molecular complexity index is 660. The molecule has 0 aliphatic carbocycles. The topological polar surface area (TPSA) is 51.7 Å². The van der Waals surface area contributed by atoms with Crippen molar-refractivity contribution in [2.75, 3.05) is 13.2 Å². The Hall–Kier alpha value is -1.92. The van der Waals surface area contributed by atoms with Crippen molar-refractivity contribution in [1.82, 2.24) is 9.88 Å². The number of benzene rings is 1. The van der Waals surface area contributed by atoms with Crippen LogP contribution in [0.1, 0.15) is 29.9 Å². The molecule has 1 aromatic heterocycles. The fourth-order valence-corrected chi connectivity index (χ4v) is 3.08. The van der Waals surface area contributed by atoms with Gasteiger partial charge in [-0.3, -0.25) is 4.79 Å². The number of carbonyl (C=O) groups is 1. The minimum absolute atomic E-state index is 0.0201. The van der Waals surface area contributed by atoms with Gasteiger partial charge in [-0.05, 0) is 32.0 Å². The summed E-state index contributed by atoms with van der Waals surface area (Å²) in [5, 5.41) is 1.95. The third-order valence-electron chi connectivity index (χ3n) is 3.82. The molecule has 122 valence electrons. The highest BCUT2D eigenvalue weighted by molar-refractivity contribution is 7.07. The van der Waals surface area contributed by atoms with E-state index in [9.17, 15) is 4.79 Å². The molecule has 0 saturated carbocycles. The molecule has 1 aromatic carbocycles. The first-order chi connectivity index (χ1) is 11.1. The van der Waals surface area contributed by atoms with E-state index in [-0.39, 0.29) is 18.1 Å². The van der Waals surface area contributed by atoms with Crippen LogP contribution in [0.4, 0.5) is 0 Å². The van der Waals surface area contributed by atoms with Crippen molar-refractivity contribution in [2.24, 2.45) is 0 Å². The second-order valence-electron chi connectivity index (χ2n) is 5.75. The minimum atomic E-state index is 0.0201. The van der Waals surface area contributed by atoms with Crippen LogP contribution in [0.25, 0.3) is 0 Å². The molecule has 6 heteroatoms. The van der Waals surface area contributed by atoms with Crippen LogP contribution in [-0.2, 0) is 11.3 Å². The van der Waals surface area contributed by atoms with E-state index in [1.54, 1.807) is 11.6 Å². The van der Waals surface area contributed by atoms with E-state index in [1.807, 2.05) is 42.3 Å². The minimum Gasteiger partial charge on any atom is -0.487 e. The Kier molecular flexibility index (Phi) is 4.93. The molecule has 2 atom stereocenters. The molecule has 3 rings (SSSR count). The van der Waals surface area contributed by atoms with Gasteiger partial charge >= 0.3 is 0 Å². The maximum Gasteiger partial charge on any atom is 0.254 e. The lowest BCUT2D eigenvalue weighted by atomic mass is 10.1. The van der Waals surface area contributed by atoms with Crippen LogP contribution in [0.2, 0.25) is 0 Å². The van der Waals surface area contributed by atoms with Crippen LogP contribution in [-0.4, -0.2) is 41.1 Å². The third-order valence-corrected chi connectivity index (χ3v) is 4.46. The summed E-state index contributed by atoms with van der Waals surface area (Å²) in [7, 11) is 0. The van der Waals surface area contributed by atoms with Gasteiger partial charge < -0.3 is 14.4 Å². The van der Waals surface area contributed by atoms with E-state index in [4.69, 9.17) is 9.47 Å². The summed E-state index contributed by atoms with van der Waals surface area (Å²) in [5.41, 5.74) is 3.31. The quantitative estimate of drug-likeness (QED) is 0.864. The van der Waals surface area contributed by atoms with Gasteiger partial charge in [0.25, 0.3) is 5.91 Å². The standard InChI is InChI=1S/C17H20N2O3S/c1-12-8-21-13(2)7-19(12)17(20)14-4-3-5-16(6-14)22-9-15-10-23-11-18-15/h3-6,10-13H,7-9H2,1-2H3/t12-,13-/m1/s1. The van der Waals surface area contributed by atoms with Crippen molar-refractivity contribution >= 4 is 17.2 Å². The van der Waals surface area contributed by atoms with Crippen molar-refractivity contribution in [3.63, 3.8) is 0 Å². The predicted octanol–water partition coefficient (Wildman–Crippen LogP) is 2.97. The maximum atomic E-state index is 12.7. The lowest BCUT2D eigenvalue weighted by Crippen LogP contribution is -2.50. The summed E-state index contributed by atoms with van der Waals surface area (Å²) >= 11 is 1.54. The second-order valence-corrected chi connectivity index (χ2v) is 6.47. The number of aromatic nitrogens is 1. The zero-order chi connectivity index (χ0) is 16.2. The van der Waals surface area contributed by atoms with Crippen LogP contribution < -0.4 is 4.74 Å². The number of carbonyl (C=O) groups excluding carboxylic acids is 1. The Balaban J connectivity index is 1.69.